The Morgan fingerprint density at radius 2 is 2.11 bits per heavy atom. The first-order valence-electron chi connectivity index (χ1n) is 6.40. The van der Waals surface area contributed by atoms with Crippen molar-refractivity contribution in [3.63, 3.8) is 0 Å². The Morgan fingerprint density at radius 1 is 1.37 bits per heavy atom. The lowest BCUT2D eigenvalue weighted by molar-refractivity contribution is 0.177. The zero-order valence-corrected chi connectivity index (χ0v) is 11.9. The molecule has 0 aliphatic heterocycles. The van der Waals surface area contributed by atoms with Gasteiger partial charge in [-0.15, -0.1) is 0 Å². The van der Waals surface area contributed by atoms with E-state index in [-0.39, 0.29) is 13.2 Å². The number of methoxy groups -OCH3 is 1. The predicted octanol–water partition coefficient (Wildman–Crippen LogP) is 0.427. The van der Waals surface area contributed by atoms with Crippen molar-refractivity contribution in [1.82, 2.24) is 4.72 Å². The minimum atomic E-state index is -3.53. The van der Waals surface area contributed by atoms with Crippen LogP contribution in [0.2, 0.25) is 0 Å². The van der Waals surface area contributed by atoms with Gasteiger partial charge in [0.2, 0.25) is 10.0 Å². The van der Waals surface area contributed by atoms with Crippen LogP contribution in [0.4, 0.5) is 0 Å². The lowest BCUT2D eigenvalue weighted by Gasteiger charge is -2.16. The molecule has 0 saturated carbocycles. The van der Waals surface area contributed by atoms with Crippen molar-refractivity contribution >= 4 is 10.0 Å². The van der Waals surface area contributed by atoms with Crippen LogP contribution in [0.25, 0.3) is 0 Å². The smallest absolute Gasteiger partial charge is 0.240 e. The van der Waals surface area contributed by atoms with Gasteiger partial charge in [-0.2, -0.15) is 0 Å². The van der Waals surface area contributed by atoms with E-state index in [4.69, 9.17) is 10.5 Å². The van der Waals surface area contributed by atoms with Crippen molar-refractivity contribution < 1.29 is 13.2 Å². The normalized spacial score (nSPS) is 16.3. The Balaban J connectivity index is 2.19. The Labute approximate surface area is 114 Å². The molecule has 0 fully saturated rings. The highest BCUT2D eigenvalue weighted by Gasteiger charge is 2.21. The topological polar surface area (TPSA) is 81.4 Å². The van der Waals surface area contributed by atoms with E-state index in [0.29, 0.717) is 4.90 Å². The zero-order valence-electron chi connectivity index (χ0n) is 11.1. The maximum Gasteiger partial charge on any atom is 0.240 e. The second-order valence-corrected chi connectivity index (χ2v) is 6.51. The van der Waals surface area contributed by atoms with Crippen molar-refractivity contribution in [3.05, 3.63) is 29.3 Å². The van der Waals surface area contributed by atoms with Crippen molar-refractivity contribution in [3.8, 4) is 0 Å². The van der Waals surface area contributed by atoms with E-state index in [1.807, 2.05) is 6.07 Å². The summed E-state index contributed by atoms with van der Waals surface area (Å²) in [5.74, 6) is 0. The summed E-state index contributed by atoms with van der Waals surface area (Å²) in [6.07, 6.45) is 3.09. The number of aryl methyl sites for hydroxylation is 2. The van der Waals surface area contributed by atoms with E-state index in [1.165, 1.54) is 12.7 Å². The molecule has 106 valence electrons. The summed E-state index contributed by atoms with van der Waals surface area (Å²) < 4.78 is 32.0. The SMILES string of the molecule is COCC(CN)NS(=O)(=O)c1ccc2c(c1)CCC2. The number of nitrogens with one attached hydrogen (secondary N) is 1. The average molecular weight is 284 g/mol. The summed E-state index contributed by atoms with van der Waals surface area (Å²) in [5.41, 5.74) is 7.92. The van der Waals surface area contributed by atoms with E-state index in [1.54, 1.807) is 12.1 Å². The van der Waals surface area contributed by atoms with E-state index < -0.39 is 16.1 Å². The molecular weight excluding hydrogens is 264 g/mol. The third-order valence-corrected chi connectivity index (χ3v) is 4.87. The highest BCUT2D eigenvalue weighted by atomic mass is 32.2. The van der Waals surface area contributed by atoms with Crippen LogP contribution in [-0.2, 0) is 27.6 Å². The van der Waals surface area contributed by atoms with Crippen LogP contribution >= 0.6 is 0 Å². The molecule has 1 aromatic carbocycles. The molecule has 19 heavy (non-hydrogen) atoms. The molecule has 0 aromatic heterocycles. The molecule has 0 spiro atoms. The number of rotatable bonds is 6. The van der Waals surface area contributed by atoms with Gasteiger partial charge in [0.1, 0.15) is 0 Å². The standard InChI is InChI=1S/C13H20N2O3S/c1-18-9-12(8-14)15-19(16,17)13-6-5-10-3-2-4-11(10)7-13/h5-7,12,15H,2-4,8-9,14H2,1H3. The summed E-state index contributed by atoms with van der Waals surface area (Å²) >= 11 is 0. The zero-order chi connectivity index (χ0) is 13.9. The molecular formula is C13H20N2O3S. The number of hydrogen-bond donors (Lipinski definition) is 2. The second-order valence-electron chi connectivity index (χ2n) is 4.79. The third-order valence-electron chi connectivity index (χ3n) is 3.35. The first-order valence-corrected chi connectivity index (χ1v) is 7.88. The van der Waals surface area contributed by atoms with Gasteiger partial charge < -0.3 is 10.5 Å². The fourth-order valence-electron chi connectivity index (χ4n) is 2.35. The molecule has 1 atom stereocenters. The van der Waals surface area contributed by atoms with Gasteiger partial charge in [0.25, 0.3) is 0 Å². The number of hydrogen-bond acceptors (Lipinski definition) is 4. The van der Waals surface area contributed by atoms with Gasteiger partial charge in [-0.05, 0) is 42.5 Å². The van der Waals surface area contributed by atoms with E-state index >= 15 is 0 Å². The minimum absolute atomic E-state index is 0.206. The molecule has 5 nitrogen and oxygen atoms in total. The lowest BCUT2D eigenvalue weighted by Crippen LogP contribution is -2.43. The van der Waals surface area contributed by atoms with Crippen LogP contribution in [0.1, 0.15) is 17.5 Å². The Bertz CT molecular complexity index is 543. The van der Waals surface area contributed by atoms with Crippen molar-refractivity contribution in [2.24, 2.45) is 5.73 Å². The van der Waals surface area contributed by atoms with E-state index in [9.17, 15) is 8.42 Å². The summed E-state index contributed by atoms with van der Waals surface area (Å²) in [5, 5.41) is 0. The molecule has 0 bridgehead atoms. The fraction of sp³-hybridized carbons (Fsp3) is 0.538. The number of sulfonamides is 1. The molecule has 0 radical (unpaired) electrons. The van der Waals surface area contributed by atoms with Crippen LogP contribution < -0.4 is 10.5 Å². The largest absolute Gasteiger partial charge is 0.383 e. The Hall–Kier alpha value is -0.950. The molecule has 1 unspecified atom stereocenters. The van der Waals surface area contributed by atoms with Gasteiger partial charge in [-0.25, -0.2) is 13.1 Å². The van der Waals surface area contributed by atoms with Crippen molar-refractivity contribution in [2.75, 3.05) is 20.3 Å². The summed E-state index contributed by atoms with van der Waals surface area (Å²) in [4.78, 5) is 0.308. The number of fused-ring (bicyclic) bond motifs is 1. The van der Waals surface area contributed by atoms with Crippen LogP contribution in [0.5, 0.6) is 0 Å². The second kappa shape index (κ2) is 6.00. The van der Waals surface area contributed by atoms with E-state index in [0.717, 1.165) is 24.8 Å². The molecule has 2 rings (SSSR count). The maximum absolute atomic E-state index is 12.3. The Kier molecular flexibility index (Phi) is 4.57. The molecule has 6 heteroatoms. The molecule has 1 aliphatic rings. The molecule has 0 amide bonds. The van der Waals surface area contributed by atoms with Gasteiger partial charge >= 0.3 is 0 Å². The number of benzene rings is 1. The molecule has 0 heterocycles. The van der Waals surface area contributed by atoms with Crippen molar-refractivity contribution in [2.45, 2.75) is 30.2 Å². The van der Waals surface area contributed by atoms with Crippen LogP contribution in [0.15, 0.2) is 23.1 Å². The molecule has 0 saturated heterocycles. The van der Waals surface area contributed by atoms with Gasteiger partial charge in [0.15, 0.2) is 0 Å². The fourth-order valence-corrected chi connectivity index (χ4v) is 3.64. The first kappa shape index (κ1) is 14.5. The van der Waals surface area contributed by atoms with Gasteiger partial charge in [0.05, 0.1) is 17.5 Å². The minimum Gasteiger partial charge on any atom is -0.383 e. The summed E-state index contributed by atoms with van der Waals surface area (Å²) in [7, 11) is -2.01. The lowest BCUT2D eigenvalue weighted by atomic mass is 10.1. The Morgan fingerprint density at radius 3 is 2.79 bits per heavy atom. The van der Waals surface area contributed by atoms with Gasteiger partial charge in [-0.3, -0.25) is 0 Å². The van der Waals surface area contributed by atoms with E-state index in [2.05, 4.69) is 4.72 Å². The van der Waals surface area contributed by atoms with Gasteiger partial charge in [0, 0.05) is 13.7 Å². The maximum atomic E-state index is 12.3. The summed E-state index contributed by atoms with van der Waals surface area (Å²) in [6, 6.07) is 4.94. The van der Waals surface area contributed by atoms with Crippen LogP contribution in [0.3, 0.4) is 0 Å². The number of ether oxygens (including phenoxy) is 1. The van der Waals surface area contributed by atoms with Gasteiger partial charge in [-0.1, -0.05) is 6.07 Å². The molecule has 1 aliphatic carbocycles. The first-order chi connectivity index (χ1) is 9.06. The highest BCUT2D eigenvalue weighted by Crippen LogP contribution is 2.24. The molecule has 3 N–H and O–H groups in total. The highest BCUT2D eigenvalue weighted by molar-refractivity contribution is 7.89. The monoisotopic (exact) mass is 284 g/mol. The third kappa shape index (κ3) is 3.33. The average Bonchev–Trinajstić information content (AvgIpc) is 2.85. The quantitative estimate of drug-likeness (QED) is 0.793. The number of nitrogens with two attached hydrogens (primary N) is 1. The van der Waals surface area contributed by atoms with Crippen molar-refractivity contribution in [1.29, 1.82) is 0 Å². The summed E-state index contributed by atoms with van der Waals surface area (Å²) in [6.45, 7) is 0.471. The predicted molar refractivity (Wildman–Crippen MR) is 73.5 cm³/mol. The van der Waals surface area contributed by atoms with Crippen LogP contribution in [-0.4, -0.2) is 34.7 Å². The van der Waals surface area contributed by atoms with Crippen LogP contribution in [0, 0.1) is 0 Å². The molecule has 1 aromatic rings.